The highest BCUT2D eigenvalue weighted by molar-refractivity contribution is 6.30. The van der Waals surface area contributed by atoms with E-state index in [1.807, 2.05) is 13.8 Å². The van der Waals surface area contributed by atoms with Crippen LogP contribution < -0.4 is 10.9 Å². The predicted octanol–water partition coefficient (Wildman–Crippen LogP) is 2.15. The van der Waals surface area contributed by atoms with E-state index in [2.05, 4.69) is 10.9 Å². The Hall–Kier alpha value is -1.55. The fourth-order valence-electron chi connectivity index (χ4n) is 1.25. The number of benzene rings is 1. The Labute approximate surface area is 105 Å². The normalized spacial score (nSPS) is 10.1. The van der Waals surface area contributed by atoms with Gasteiger partial charge in [0.15, 0.2) is 0 Å². The minimum absolute atomic E-state index is 0.213. The van der Waals surface area contributed by atoms with Gasteiger partial charge in [-0.05, 0) is 24.1 Å². The van der Waals surface area contributed by atoms with Crippen molar-refractivity contribution in [3.05, 3.63) is 34.9 Å². The summed E-state index contributed by atoms with van der Waals surface area (Å²) in [6.45, 7) is 3.86. The van der Waals surface area contributed by atoms with Crippen molar-refractivity contribution in [3.63, 3.8) is 0 Å². The van der Waals surface area contributed by atoms with Gasteiger partial charge in [-0.2, -0.15) is 0 Å². The van der Waals surface area contributed by atoms with Gasteiger partial charge in [0.05, 0.1) is 0 Å². The molecule has 1 aromatic carbocycles. The van der Waals surface area contributed by atoms with Crippen molar-refractivity contribution in [2.75, 3.05) is 0 Å². The van der Waals surface area contributed by atoms with Crippen LogP contribution in [0.4, 0.5) is 0 Å². The van der Waals surface area contributed by atoms with Gasteiger partial charge in [-0.1, -0.05) is 31.5 Å². The first-order valence-corrected chi connectivity index (χ1v) is 5.71. The molecule has 0 atom stereocenters. The predicted molar refractivity (Wildman–Crippen MR) is 66.5 cm³/mol. The van der Waals surface area contributed by atoms with E-state index in [9.17, 15) is 9.59 Å². The minimum atomic E-state index is -0.385. The molecule has 0 aliphatic rings. The van der Waals surface area contributed by atoms with Crippen LogP contribution in [0.5, 0.6) is 0 Å². The number of hydrogen-bond donors (Lipinski definition) is 2. The van der Waals surface area contributed by atoms with Gasteiger partial charge >= 0.3 is 0 Å². The number of rotatable bonds is 3. The molecule has 0 aromatic heterocycles. The fourth-order valence-corrected chi connectivity index (χ4v) is 1.44. The Morgan fingerprint density at radius 2 is 2.00 bits per heavy atom. The lowest BCUT2D eigenvalue weighted by Gasteiger charge is -2.08. The molecule has 1 rings (SSSR count). The number of carbonyl (C=O) groups is 2. The summed E-state index contributed by atoms with van der Waals surface area (Å²) in [6.07, 6.45) is 0.371. The van der Waals surface area contributed by atoms with Gasteiger partial charge < -0.3 is 0 Å². The molecule has 0 bridgehead atoms. The van der Waals surface area contributed by atoms with Crippen LogP contribution in [0.2, 0.25) is 5.02 Å². The Balaban J connectivity index is 2.48. The van der Waals surface area contributed by atoms with E-state index in [4.69, 9.17) is 11.6 Å². The lowest BCUT2D eigenvalue weighted by Crippen LogP contribution is -2.41. The monoisotopic (exact) mass is 254 g/mol. The Kier molecular flexibility index (Phi) is 4.97. The first-order chi connectivity index (χ1) is 7.99. The van der Waals surface area contributed by atoms with Gasteiger partial charge in [-0.25, -0.2) is 0 Å². The van der Waals surface area contributed by atoms with Gasteiger partial charge in [0.1, 0.15) is 0 Å². The largest absolute Gasteiger partial charge is 0.273 e. The standard InChI is InChI=1S/C12H15ClN2O2/c1-8(2)6-11(16)14-15-12(17)9-4-3-5-10(13)7-9/h3-5,7-8H,6H2,1-2H3,(H,14,16)(H,15,17). The minimum Gasteiger partial charge on any atom is -0.273 e. The summed E-state index contributed by atoms with van der Waals surface area (Å²) >= 11 is 5.75. The topological polar surface area (TPSA) is 58.2 Å². The van der Waals surface area contributed by atoms with Crippen LogP contribution in [0.15, 0.2) is 24.3 Å². The van der Waals surface area contributed by atoms with E-state index >= 15 is 0 Å². The average molecular weight is 255 g/mol. The quantitative estimate of drug-likeness (QED) is 0.812. The number of nitrogens with one attached hydrogen (secondary N) is 2. The summed E-state index contributed by atoms with van der Waals surface area (Å²) in [5, 5.41) is 0.478. The molecule has 0 fully saturated rings. The van der Waals surface area contributed by atoms with Crippen molar-refractivity contribution in [3.8, 4) is 0 Å². The van der Waals surface area contributed by atoms with E-state index in [1.54, 1.807) is 18.2 Å². The number of carbonyl (C=O) groups excluding carboxylic acids is 2. The summed E-state index contributed by atoms with van der Waals surface area (Å²) in [4.78, 5) is 22.9. The molecule has 92 valence electrons. The molecule has 0 unspecified atom stereocenters. The van der Waals surface area contributed by atoms with Crippen molar-refractivity contribution in [2.45, 2.75) is 20.3 Å². The van der Waals surface area contributed by atoms with Crippen LogP contribution >= 0.6 is 11.6 Å². The van der Waals surface area contributed by atoms with E-state index in [0.29, 0.717) is 17.0 Å². The smallest absolute Gasteiger partial charge is 0.269 e. The number of hydrazine groups is 1. The van der Waals surface area contributed by atoms with Crippen LogP contribution in [0, 0.1) is 5.92 Å². The van der Waals surface area contributed by atoms with E-state index < -0.39 is 0 Å². The molecule has 0 heterocycles. The van der Waals surface area contributed by atoms with Crippen LogP contribution in [0.25, 0.3) is 0 Å². The highest BCUT2D eigenvalue weighted by Crippen LogP contribution is 2.10. The molecule has 0 saturated heterocycles. The molecule has 4 nitrogen and oxygen atoms in total. The second-order valence-electron chi connectivity index (χ2n) is 4.11. The second-order valence-corrected chi connectivity index (χ2v) is 4.55. The Morgan fingerprint density at radius 3 is 2.59 bits per heavy atom. The van der Waals surface area contributed by atoms with Gasteiger partial charge in [-0.3, -0.25) is 20.4 Å². The SMILES string of the molecule is CC(C)CC(=O)NNC(=O)c1cccc(Cl)c1. The van der Waals surface area contributed by atoms with Crippen molar-refractivity contribution < 1.29 is 9.59 Å². The molecule has 2 N–H and O–H groups in total. The number of hydrogen-bond acceptors (Lipinski definition) is 2. The molecule has 17 heavy (non-hydrogen) atoms. The zero-order valence-electron chi connectivity index (χ0n) is 9.79. The lowest BCUT2D eigenvalue weighted by molar-refractivity contribution is -0.122. The third-order valence-electron chi connectivity index (χ3n) is 2.00. The number of amides is 2. The summed E-state index contributed by atoms with van der Waals surface area (Å²) in [6, 6.07) is 6.50. The maximum atomic E-state index is 11.6. The summed E-state index contributed by atoms with van der Waals surface area (Å²) in [5.41, 5.74) is 5.09. The van der Waals surface area contributed by atoms with Gasteiger partial charge in [-0.15, -0.1) is 0 Å². The molecule has 2 amide bonds. The molecule has 0 saturated carbocycles. The van der Waals surface area contributed by atoms with Crippen LogP contribution in [0.1, 0.15) is 30.6 Å². The molecular formula is C12H15ClN2O2. The molecular weight excluding hydrogens is 240 g/mol. The Morgan fingerprint density at radius 1 is 1.29 bits per heavy atom. The number of halogens is 1. The average Bonchev–Trinajstić information content (AvgIpc) is 2.25. The lowest BCUT2D eigenvalue weighted by atomic mass is 10.1. The van der Waals surface area contributed by atoms with Crippen LogP contribution in [-0.4, -0.2) is 11.8 Å². The zero-order valence-corrected chi connectivity index (χ0v) is 10.5. The first-order valence-electron chi connectivity index (χ1n) is 5.34. The molecule has 0 aliphatic carbocycles. The fraction of sp³-hybridized carbons (Fsp3) is 0.333. The van der Waals surface area contributed by atoms with Gasteiger partial charge in [0.25, 0.3) is 5.91 Å². The first kappa shape index (κ1) is 13.5. The van der Waals surface area contributed by atoms with Crippen molar-refractivity contribution in [1.82, 2.24) is 10.9 Å². The van der Waals surface area contributed by atoms with Crippen LogP contribution in [-0.2, 0) is 4.79 Å². The third kappa shape index (κ3) is 4.87. The maximum Gasteiger partial charge on any atom is 0.269 e. The molecule has 0 radical (unpaired) electrons. The van der Waals surface area contributed by atoms with Crippen molar-refractivity contribution in [1.29, 1.82) is 0 Å². The summed E-state index contributed by atoms with van der Waals surface area (Å²) in [5.74, 6) is -0.349. The summed E-state index contributed by atoms with van der Waals surface area (Å²) < 4.78 is 0. The summed E-state index contributed by atoms with van der Waals surface area (Å²) in [7, 11) is 0. The third-order valence-corrected chi connectivity index (χ3v) is 2.23. The second kappa shape index (κ2) is 6.25. The molecule has 1 aromatic rings. The van der Waals surface area contributed by atoms with Crippen LogP contribution in [0.3, 0.4) is 0 Å². The van der Waals surface area contributed by atoms with E-state index in [-0.39, 0.29) is 17.7 Å². The molecule has 5 heteroatoms. The molecule has 0 aliphatic heterocycles. The van der Waals surface area contributed by atoms with E-state index in [0.717, 1.165) is 0 Å². The maximum absolute atomic E-state index is 11.6. The van der Waals surface area contributed by atoms with Gasteiger partial charge in [0, 0.05) is 17.0 Å². The van der Waals surface area contributed by atoms with Gasteiger partial charge in [0.2, 0.25) is 5.91 Å². The highest BCUT2D eigenvalue weighted by Gasteiger charge is 2.08. The van der Waals surface area contributed by atoms with Crippen molar-refractivity contribution in [2.24, 2.45) is 5.92 Å². The van der Waals surface area contributed by atoms with Crippen molar-refractivity contribution >= 4 is 23.4 Å². The zero-order chi connectivity index (χ0) is 12.8. The highest BCUT2D eigenvalue weighted by atomic mass is 35.5. The Bertz CT molecular complexity index is 419. The molecule has 0 spiro atoms. The van der Waals surface area contributed by atoms with E-state index in [1.165, 1.54) is 6.07 Å².